The van der Waals surface area contributed by atoms with Gasteiger partial charge in [-0.25, -0.2) is 0 Å². The smallest absolute Gasteiger partial charge is 0.242 e. The highest BCUT2D eigenvalue weighted by Crippen LogP contribution is 2.15. The Labute approximate surface area is 116 Å². The SMILES string of the molecule is CCNC(=O)[C@@H](CC(C)C)N(C)C(=O)[C@@H]1CCCN1. The van der Waals surface area contributed by atoms with Crippen LogP contribution in [-0.2, 0) is 9.59 Å². The Morgan fingerprint density at radius 3 is 2.58 bits per heavy atom. The normalized spacial score (nSPS) is 20.4. The Bertz CT molecular complexity index is 312. The van der Waals surface area contributed by atoms with Gasteiger partial charge in [0.05, 0.1) is 6.04 Å². The van der Waals surface area contributed by atoms with Crippen LogP contribution in [0.2, 0.25) is 0 Å². The minimum atomic E-state index is -0.366. The topological polar surface area (TPSA) is 61.4 Å². The van der Waals surface area contributed by atoms with Gasteiger partial charge in [-0.3, -0.25) is 9.59 Å². The maximum absolute atomic E-state index is 12.4. The summed E-state index contributed by atoms with van der Waals surface area (Å²) in [6.07, 6.45) is 2.59. The summed E-state index contributed by atoms with van der Waals surface area (Å²) in [5.74, 6) is 0.360. The van der Waals surface area contributed by atoms with E-state index < -0.39 is 0 Å². The van der Waals surface area contributed by atoms with Crippen molar-refractivity contribution in [3.63, 3.8) is 0 Å². The molecule has 19 heavy (non-hydrogen) atoms. The molecule has 1 heterocycles. The first-order valence-corrected chi connectivity index (χ1v) is 7.25. The van der Waals surface area contributed by atoms with Crippen LogP contribution in [0.4, 0.5) is 0 Å². The zero-order chi connectivity index (χ0) is 14.4. The Hall–Kier alpha value is -1.10. The first-order valence-electron chi connectivity index (χ1n) is 7.25. The van der Waals surface area contributed by atoms with E-state index in [1.165, 1.54) is 0 Å². The molecule has 1 fully saturated rings. The van der Waals surface area contributed by atoms with E-state index in [1.807, 2.05) is 6.92 Å². The van der Waals surface area contributed by atoms with Crippen LogP contribution in [0, 0.1) is 5.92 Å². The standard InChI is InChI=1S/C14H27N3O2/c1-5-15-13(18)12(9-10(2)3)17(4)14(19)11-7-6-8-16-11/h10-12,16H,5-9H2,1-4H3,(H,15,18)/t11-,12+/m0/s1. The molecular formula is C14H27N3O2. The summed E-state index contributed by atoms with van der Waals surface area (Å²) < 4.78 is 0. The molecule has 5 nitrogen and oxygen atoms in total. The molecule has 0 saturated carbocycles. The van der Waals surface area contributed by atoms with Crippen LogP contribution in [-0.4, -0.2) is 48.9 Å². The van der Waals surface area contributed by atoms with Crippen LogP contribution >= 0.6 is 0 Å². The predicted molar refractivity (Wildman–Crippen MR) is 75.7 cm³/mol. The van der Waals surface area contributed by atoms with Gasteiger partial charge in [0, 0.05) is 13.6 Å². The monoisotopic (exact) mass is 269 g/mol. The number of carbonyl (C=O) groups is 2. The number of carbonyl (C=O) groups excluding carboxylic acids is 2. The average molecular weight is 269 g/mol. The van der Waals surface area contributed by atoms with Gasteiger partial charge < -0.3 is 15.5 Å². The van der Waals surface area contributed by atoms with Gasteiger partial charge in [0.25, 0.3) is 0 Å². The van der Waals surface area contributed by atoms with E-state index in [-0.39, 0.29) is 23.9 Å². The Morgan fingerprint density at radius 2 is 2.11 bits per heavy atom. The molecule has 1 rings (SSSR count). The molecule has 0 radical (unpaired) electrons. The number of amides is 2. The van der Waals surface area contributed by atoms with Crippen LogP contribution < -0.4 is 10.6 Å². The fraction of sp³-hybridized carbons (Fsp3) is 0.857. The van der Waals surface area contributed by atoms with Gasteiger partial charge in [0.1, 0.15) is 6.04 Å². The van der Waals surface area contributed by atoms with E-state index in [1.54, 1.807) is 11.9 Å². The van der Waals surface area contributed by atoms with Crippen LogP contribution in [0.15, 0.2) is 0 Å². The number of rotatable bonds is 6. The quantitative estimate of drug-likeness (QED) is 0.748. The second-order valence-corrected chi connectivity index (χ2v) is 5.64. The molecule has 2 atom stereocenters. The summed E-state index contributed by atoms with van der Waals surface area (Å²) in [6, 6.07) is -0.482. The van der Waals surface area contributed by atoms with Gasteiger partial charge in [-0.15, -0.1) is 0 Å². The largest absolute Gasteiger partial charge is 0.355 e. The third kappa shape index (κ3) is 4.49. The van der Waals surface area contributed by atoms with E-state index in [4.69, 9.17) is 0 Å². The molecule has 0 unspecified atom stereocenters. The van der Waals surface area contributed by atoms with Gasteiger partial charge >= 0.3 is 0 Å². The molecule has 5 heteroatoms. The van der Waals surface area contributed by atoms with E-state index in [0.717, 1.165) is 19.4 Å². The van der Waals surface area contributed by atoms with E-state index in [2.05, 4.69) is 24.5 Å². The zero-order valence-electron chi connectivity index (χ0n) is 12.5. The minimum Gasteiger partial charge on any atom is -0.355 e. The van der Waals surface area contributed by atoms with E-state index >= 15 is 0 Å². The second kappa shape index (κ2) is 7.48. The van der Waals surface area contributed by atoms with Gasteiger partial charge in [-0.2, -0.15) is 0 Å². The molecule has 0 aromatic rings. The summed E-state index contributed by atoms with van der Waals surface area (Å²) in [6.45, 7) is 7.51. The number of hydrogen-bond donors (Lipinski definition) is 2. The minimum absolute atomic E-state index is 0.0365. The highest BCUT2D eigenvalue weighted by Gasteiger charge is 2.32. The lowest BCUT2D eigenvalue weighted by molar-refractivity contribution is -0.140. The summed E-state index contributed by atoms with van der Waals surface area (Å²) in [5.41, 5.74) is 0. The van der Waals surface area contributed by atoms with Crippen molar-refractivity contribution in [2.45, 2.75) is 52.1 Å². The van der Waals surface area contributed by atoms with Gasteiger partial charge in [-0.1, -0.05) is 13.8 Å². The Balaban J connectivity index is 2.71. The second-order valence-electron chi connectivity index (χ2n) is 5.64. The molecule has 1 saturated heterocycles. The third-order valence-corrected chi connectivity index (χ3v) is 3.52. The molecule has 0 bridgehead atoms. The Kier molecular flexibility index (Phi) is 6.28. The van der Waals surface area contributed by atoms with Crippen LogP contribution in [0.5, 0.6) is 0 Å². The first kappa shape index (κ1) is 16.0. The number of nitrogens with zero attached hydrogens (tertiary/aromatic N) is 1. The van der Waals surface area contributed by atoms with Crippen LogP contribution in [0.3, 0.4) is 0 Å². The summed E-state index contributed by atoms with van der Waals surface area (Å²) in [5, 5.41) is 6.02. The lowest BCUT2D eigenvalue weighted by Gasteiger charge is -2.30. The molecule has 0 spiro atoms. The zero-order valence-corrected chi connectivity index (χ0v) is 12.5. The highest BCUT2D eigenvalue weighted by atomic mass is 16.2. The number of nitrogens with one attached hydrogen (secondary N) is 2. The highest BCUT2D eigenvalue weighted by molar-refractivity contribution is 5.89. The molecule has 1 aliphatic rings. The lowest BCUT2D eigenvalue weighted by atomic mass is 10.0. The van der Waals surface area contributed by atoms with Crippen molar-refractivity contribution in [3.8, 4) is 0 Å². The van der Waals surface area contributed by atoms with Crippen molar-refractivity contribution in [1.82, 2.24) is 15.5 Å². The van der Waals surface area contributed by atoms with Crippen molar-refractivity contribution in [2.75, 3.05) is 20.1 Å². The molecule has 2 amide bonds. The van der Waals surface area contributed by atoms with Crippen molar-refractivity contribution in [2.24, 2.45) is 5.92 Å². The molecule has 110 valence electrons. The molecule has 1 aliphatic heterocycles. The molecule has 2 N–H and O–H groups in total. The summed E-state index contributed by atoms with van der Waals surface area (Å²) >= 11 is 0. The van der Waals surface area contributed by atoms with Gasteiger partial charge in [-0.05, 0) is 38.6 Å². The Morgan fingerprint density at radius 1 is 1.42 bits per heavy atom. The van der Waals surface area contributed by atoms with E-state index in [9.17, 15) is 9.59 Å². The molecular weight excluding hydrogens is 242 g/mol. The number of hydrogen-bond acceptors (Lipinski definition) is 3. The molecule has 0 aromatic heterocycles. The maximum Gasteiger partial charge on any atom is 0.242 e. The molecule has 0 aliphatic carbocycles. The van der Waals surface area contributed by atoms with Gasteiger partial charge in [0.15, 0.2) is 0 Å². The molecule has 0 aromatic carbocycles. The van der Waals surface area contributed by atoms with E-state index in [0.29, 0.717) is 18.9 Å². The van der Waals surface area contributed by atoms with Crippen molar-refractivity contribution in [3.05, 3.63) is 0 Å². The maximum atomic E-state index is 12.4. The summed E-state index contributed by atoms with van der Waals surface area (Å²) in [4.78, 5) is 26.1. The van der Waals surface area contributed by atoms with Crippen molar-refractivity contribution >= 4 is 11.8 Å². The number of likely N-dealkylation sites (N-methyl/N-ethyl adjacent to an activating group) is 2. The van der Waals surface area contributed by atoms with Crippen molar-refractivity contribution in [1.29, 1.82) is 0 Å². The lowest BCUT2D eigenvalue weighted by Crippen LogP contribution is -2.52. The fourth-order valence-electron chi connectivity index (χ4n) is 2.47. The van der Waals surface area contributed by atoms with Gasteiger partial charge in [0.2, 0.25) is 11.8 Å². The fourth-order valence-corrected chi connectivity index (χ4v) is 2.47. The third-order valence-electron chi connectivity index (χ3n) is 3.52. The van der Waals surface area contributed by atoms with Crippen LogP contribution in [0.25, 0.3) is 0 Å². The van der Waals surface area contributed by atoms with Crippen LogP contribution in [0.1, 0.15) is 40.0 Å². The average Bonchev–Trinajstić information content (AvgIpc) is 2.88. The predicted octanol–water partition coefficient (Wildman–Crippen LogP) is 0.748. The summed E-state index contributed by atoms with van der Waals surface area (Å²) in [7, 11) is 1.74. The first-order chi connectivity index (χ1) is 8.97. The van der Waals surface area contributed by atoms with Crippen molar-refractivity contribution < 1.29 is 9.59 Å².